The van der Waals surface area contributed by atoms with Crippen molar-refractivity contribution in [2.45, 2.75) is 97.6 Å². The molecular weight excluding hydrogens is 559 g/mol. The minimum absolute atomic E-state index is 0. The normalized spacial score (nSPS) is 10.6. The molecule has 34 heavy (non-hydrogen) atoms. The molecule has 0 atom stereocenters. The summed E-state index contributed by atoms with van der Waals surface area (Å²) in [5, 5.41) is 3.40. The Hall–Kier alpha value is -1.34. The molecule has 0 aliphatic rings. The van der Waals surface area contributed by atoms with Crippen LogP contribution in [0.15, 0.2) is 42.6 Å². The lowest BCUT2D eigenvalue weighted by atomic mass is 10.1. The van der Waals surface area contributed by atoms with Gasteiger partial charge in [-0.1, -0.05) is 89.3 Å². The van der Waals surface area contributed by atoms with Crippen molar-refractivity contribution in [1.82, 2.24) is 5.32 Å². The first-order chi connectivity index (χ1) is 16.2. The van der Waals surface area contributed by atoms with Gasteiger partial charge in [0.25, 0.3) is 5.91 Å². The van der Waals surface area contributed by atoms with Crippen LogP contribution in [-0.4, -0.2) is 12.5 Å². The predicted molar refractivity (Wildman–Crippen MR) is 137 cm³/mol. The molecule has 0 aliphatic heterocycles. The van der Waals surface area contributed by atoms with Gasteiger partial charge in [0.1, 0.15) is 18.8 Å². The molecule has 0 spiro atoms. The van der Waals surface area contributed by atoms with Crippen LogP contribution in [-0.2, 0) is 13.1 Å². The molecular formula is C28H42ClIN2O2. The van der Waals surface area contributed by atoms with Crippen LogP contribution in [0.4, 0.5) is 0 Å². The number of benzene rings is 1. The molecule has 2 rings (SSSR count). The second kappa shape index (κ2) is 18.9. The first-order valence-electron chi connectivity index (χ1n) is 12.8. The van der Waals surface area contributed by atoms with Crippen LogP contribution in [0, 0.1) is 0 Å². The Balaban J connectivity index is 0.00000578. The Kier molecular flexibility index (Phi) is 17.1. The number of rotatable bonds is 17. The minimum atomic E-state index is -0.173. The van der Waals surface area contributed by atoms with E-state index in [1.54, 1.807) is 12.1 Å². The second-order valence-electron chi connectivity index (χ2n) is 8.74. The lowest BCUT2D eigenvalue weighted by molar-refractivity contribution is -0.704. The maximum atomic E-state index is 12.6. The topological polar surface area (TPSA) is 42.2 Å². The lowest BCUT2D eigenvalue weighted by Gasteiger charge is -2.10. The average Bonchev–Trinajstić information content (AvgIpc) is 2.82. The van der Waals surface area contributed by atoms with E-state index in [1.807, 2.05) is 30.5 Å². The van der Waals surface area contributed by atoms with Crippen molar-refractivity contribution < 1.29 is 38.1 Å². The van der Waals surface area contributed by atoms with Crippen molar-refractivity contribution in [3.05, 3.63) is 58.9 Å². The number of carbonyl (C=O) groups is 1. The number of ether oxygens (including phenoxy) is 1. The van der Waals surface area contributed by atoms with Gasteiger partial charge >= 0.3 is 0 Å². The van der Waals surface area contributed by atoms with Crippen LogP contribution < -0.4 is 38.6 Å². The van der Waals surface area contributed by atoms with Gasteiger partial charge in [0, 0.05) is 18.6 Å². The molecule has 1 aromatic heterocycles. The summed E-state index contributed by atoms with van der Waals surface area (Å²) in [6.45, 7) is 6.48. The number of unbranched alkanes of at least 4 members (excludes halogenated alkanes) is 9. The molecule has 0 unspecified atom stereocenters. The van der Waals surface area contributed by atoms with Crippen molar-refractivity contribution >= 4 is 17.5 Å². The van der Waals surface area contributed by atoms with E-state index < -0.39 is 0 Å². The maximum absolute atomic E-state index is 12.6. The zero-order valence-corrected chi connectivity index (χ0v) is 23.9. The monoisotopic (exact) mass is 600 g/mol. The number of hydrogen-bond acceptors (Lipinski definition) is 2. The standard InChI is InChI=1S/C28H41ClN2O2.HI/c1-3-5-6-7-8-9-10-11-12-15-21-33-25-17-18-26(27(29)22-25)28(32)30-23-24-16-13-14-20-31(24)19-4-2;/h13-14,16-18,20,22H,3-12,15,19,21,23H2,1-2H3;1H. The van der Waals surface area contributed by atoms with E-state index in [0.29, 0.717) is 23.7 Å². The average molecular weight is 601 g/mol. The van der Waals surface area contributed by atoms with Crippen LogP contribution in [0.25, 0.3) is 0 Å². The van der Waals surface area contributed by atoms with Gasteiger partial charge in [-0.2, -0.15) is 0 Å². The largest absolute Gasteiger partial charge is 1.00 e. The van der Waals surface area contributed by atoms with Crippen molar-refractivity contribution in [3.8, 4) is 5.75 Å². The SMILES string of the molecule is CCCCCCCCCCCCOc1ccc(C(=O)NCc2cccc[n+]2CCC)c(Cl)c1.[I-]. The van der Waals surface area contributed by atoms with E-state index in [0.717, 1.165) is 30.8 Å². The molecule has 0 saturated heterocycles. The molecule has 0 radical (unpaired) electrons. The van der Waals surface area contributed by atoms with Gasteiger partial charge in [-0.25, -0.2) is 4.57 Å². The van der Waals surface area contributed by atoms with Crippen molar-refractivity contribution in [3.63, 3.8) is 0 Å². The molecule has 0 aliphatic carbocycles. The van der Waals surface area contributed by atoms with E-state index in [2.05, 4.69) is 23.7 Å². The van der Waals surface area contributed by atoms with Crippen LogP contribution >= 0.6 is 11.6 Å². The molecule has 4 nitrogen and oxygen atoms in total. The highest BCUT2D eigenvalue weighted by atomic mass is 127. The van der Waals surface area contributed by atoms with Crippen molar-refractivity contribution in [1.29, 1.82) is 0 Å². The van der Waals surface area contributed by atoms with Gasteiger partial charge in [-0.3, -0.25) is 4.79 Å². The van der Waals surface area contributed by atoms with Gasteiger partial charge < -0.3 is 34.0 Å². The van der Waals surface area contributed by atoms with Crippen molar-refractivity contribution in [2.75, 3.05) is 6.61 Å². The van der Waals surface area contributed by atoms with Gasteiger partial charge in [0.05, 0.1) is 17.2 Å². The summed E-state index contributed by atoms with van der Waals surface area (Å²) in [4.78, 5) is 12.6. The summed E-state index contributed by atoms with van der Waals surface area (Å²) in [6.07, 6.45) is 16.1. The van der Waals surface area contributed by atoms with E-state index in [1.165, 1.54) is 57.8 Å². The predicted octanol–water partition coefficient (Wildman–Crippen LogP) is 4.27. The first kappa shape index (κ1) is 30.7. The summed E-state index contributed by atoms with van der Waals surface area (Å²) < 4.78 is 8.01. The molecule has 6 heteroatoms. The number of pyridine rings is 1. The number of halogens is 2. The third-order valence-corrected chi connectivity index (χ3v) is 6.19. The molecule has 0 saturated carbocycles. The number of nitrogens with zero attached hydrogens (tertiary/aromatic N) is 1. The fourth-order valence-corrected chi connectivity index (χ4v) is 4.20. The number of nitrogens with one attached hydrogen (secondary N) is 1. The molecule has 0 fully saturated rings. The summed E-state index contributed by atoms with van der Waals surface area (Å²) in [7, 11) is 0. The van der Waals surface area contributed by atoms with Gasteiger partial charge in [-0.15, -0.1) is 0 Å². The third kappa shape index (κ3) is 11.9. The summed E-state index contributed by atoms with van der Waals surface area (Å²) in [5.41, 5.74) is 1.54. The fourth-order valence-electron chi connectivity index (χ4n) is 3.95. The minimum Gasteiger partial charge on any atom is -1.00 e. The summed E-state index contributed by atoms with van der Waals surface area (Å²) >= 11 is 6.38. The van der Waals surface area contributed by atoms with E-state index in [9.17, 15) is 4.79 Å². The van der Waals surface area contributed by atoms with Crippen molar-refractivity contribution in [2.24, 2.45) is 0 Å². The quantitative estimate of drug-likeness (QED) is 0.167. The van der Waals surface area contributed by atoms with Gasteiger partial charge in [-0.05, 0) is 24.6 Å². The Morgan fingerprint density at radius 3 is 2.24 bits per heavy atom. The third-order valence-electron chi connectivity index (χ3n) is 5.88. The molecule has 1 aromatic carbocycles. The van der Waals surface area contributed by atoms with Crippen LogP contribution in [0.5, 0.6) is 5.75 Å². The lowest BCUT2D eigenvalue weighted by Crippen LogP contribution is -3.00. The fraction of sp³-hybridized carbons (Fsp3) is 0.571. The Labute approximate surface area is 228 Å². The Bertz CT molecular complexity index is 832. The number of carbonyl (C=O) groups excluding carboxylic acids is 1. The number of amides is 1. The van der Waals surface area contributed by atoms with E-state index in [-0.39, 0.29) is 29.9 Å². The smallest absolute Gasteiger partial charge is 0.253 e. The zero-order valence-electron chi connectivity index (χ0n) is 21.0. The van der Waals surface area contributed by atoms with Crippen LogP contribution in [0.2, 0.25) is 5.02 Å². The van der Waals surface area contributed by atoms with E-state index >= 15 is 0 Å². The molecule has 1 N–H and O–H groups in total. The first-order valence-corrected chi connectivity index (χ1v) is 13.2. The van der Waals surface area contributed by atoms with Gasteiger partial charge in [0.15, 0.2) is 6.20 Å². The van der Waals surface area contributed by atoms with Crippen LogP contribution in [0.1, 0.15) is 101 Å². The summed E-state index contributed by atoms with van der Waals surface area (Å²) in [6, 6.07) is 11.3. The summed E-state index contributed by atoms with van der Waals surface area (Å²) in [5.74, 6) is 0.546. The van der Waals surface area contributed by atoms with Crippen LogP contribution in [0.3, 0.4) is 0 Å². The highest BCUT2D eigenvalue weighted by Crippen LogP contribution is 2.23. The molecule has 1 heterocycles. The molecule has 2 aromatic rings. The molecule has 0 bridgehead atoms. The number of aromatic nitrogens is 1. The highest BCUT2D eigenvalue weighted by molar-refractivity contribution is 6.34. The number of hydrogen-bond donors (Lipinski definition) is 1. The second-order valence-corrected chi connectivity index (χ2v) is 9.15. The van der Waals surface area contributed by atoms with E-state index in [4.69, 9.17) is 16.3 Å². The Morgan fingerprint density at radius 2 is 1.59 bits per heavy atom. The molecule has 1 amide bonds. The highest BCUT2D eigenvalue weighted by Gasteiger charge is 2.14. The zero-order chi connectivity index (χ0) is 23.7. The number of aryl methyl sites for hydroxylation is 1. The molecule has 190 valence electrons. The maximum Gasteiger partial charge on any atom is 0.253 e. The van der Waals surface area contributed by atoms with Gasteiger partial charge in [0.2, 0.25) is 5.69 Å². The Morgan fingerprint density at radius 1 is 0.912 bits per heavy atom.